The van der Waals surface area contributed by atoms with E-state index < -0.39 is 0 Å². The van der Waals surface area contributed by atoms with Crippen LogP contribution in [0.25, 0.3) is 21.5 Å². The van der Waals surface area contributed by atoms with Crippen LogP contribution in [0.2, 0.25) is 0 Å². The van der Waals surface area contributed by atoms with E-state index in [1.54, 1.807) is 6.21 Å². The van der Waals surface area contributed by atoms with Gasteiger partial charge in [0, 0.05) is 17.7 Å². The quantitative estimate of drug-likeness (QED) is 0.310. The van der Waals surface area contributed by atoms with Crippen molar-refractivity contribution in [3.8, 4) is 0 Å². The summed E-state index contributed by atoms with van der Waals surface area (Å²) in [5.74, 6) is -0.110. The van der Waals surface area contributed by atoms with Gasteiger partial charge in [0.05, 0.1) is 11.9 Å². The first-order chi connectivity index (χ1) is 13.6. The van der Waals surface area contributed by atoms with Crippen LogP contribution in [0, 0.1) is 13.8 Å². The van der Waals surface area contributed by atoms with Gasteiger partial charge < -0.3 is 0 Å². The number of rotatable bonds is 5. The molecule has 5 nitrogen and oxygen atoms in total. The van der Waals surface area contributed by atoms with E-state index in [1.165, 1.54) is 0 Å². The van der Waals surface area contributed by atoms with Crippen molar-refractivity contribution in [2.45, 2.75) is 26.7 Å². The van der Waals surface area contributed by atoms with Crippen LogP contribution in [0.5, 0.6) is 0 Å². The highest BCUT2D eigenvalue weighted by molar-refractivity contribution is 6.13. The Morgan fingerprint density at radius 3 is 2.32 bits per heavy atom. The van der Waals surface area contributed by atoms with E-state index in [4.69, 9.17) is 0 Å². The summed E-state index contributed by atoms with van der Waals surface area (Å²) in [6.45, 7) is 3.91. The Morgan fingerprint density at radius 1 is 1.07 bits per heavy atom. The van der Waals surface area contributed by atoms with Crippen LogP contribution in [0.1, 0.15) is 28.9 Å². The lowest BCUT2D eigenvalue weighted by Crippen LogP contribution is -2.18. The zero-order chi connectivity index (χ0) is 19.5. The summed E-state index contributed by atoms with van der Waals surface area (Å²) >= 11 is 0. The summed E-state index contributed by atoms with van der Waals surface area (Å²) in [6.07, 6.45) is 2.76. The number of carbonyl (C=O) groups is 1. The molecule has 0 radical (unpaired) electrons. The third-order valence-electron chi connectivity index (χ3n) is 5.08. The van der Waals surface area contributed by atoms with Crippen molar-refractivity contribution in [2.75, 3.05) is 0 Å². The van der Waals surface area contributed by atoms with Crippen molar-refractivity contribution in [3.63, 3.8) is 0 Å². The molecule has 0 fully saturated rings. The molecule has 4 aromatic rings. The number of carbonyl (C=O) groups excluding carboxylic acids is 1. The molecule has 2 N–H and O–H groups in total. The Balaban J connectivity index is 1.54. The summed E-state index contributed by atoms with van der Waals surface area (Å²) in [6, 6.07) is 18.6. The smallest absolute Gasteiger partial charge is 0.240 e. The predicted octanol–water partition coefficient (Wildman–Crippen LogP) is 4.42. The predicted molar refractivity (Wildman–Crippen MR) is 114 cm³/mol. The van der Waals surface area contributed by atoms with Crippen LogP contribution in [-0.2, 0) is 11.2 Å². The van der Waals surface area contributed by atoms with Crippen LogP contribution in [0.3, 0.4) is 0 Å². The molecule has 140 valence electrons. The minimum absolute atomic E-state index is 0.110. The molecule has 28 heavy (non-hydrogen) atoms. The average molecular weight is 370 g/mol. The van der Waals surface area contributed by atoms with Gasteiger partial charge in [-0.05, 0) is 53.4 Å². The Kier molecular flexibility index (Phi) is 4.89. The fraction of sp³-hybridized carbons (Fsp3) is 0.174. The number of aryl methyl sites for hydroxylation is 2. The number of H-pyrrole nitrogens is 1. The van der Waals surface area contributed by atoms with Crippen molar-refractivity contribution in [1.82, 2.24) is 15.6 Å². The van der Waals surface area contributed by atoms with E-state index in [2.05, 4.69) is 51.1 Å². The summed E-state index contributed by atoms with van der Waals surface area (Å²) in [5.41, 5.74) is 6.72. The van der Waals surface area contributed by atoms with Gasteiger partial charge in [0.1, 0.15) is 0 Å². The minimum Gasteiger partial charge on any atom is -0.282 e. The number of nitrogens with one attached hydrogen (secondary N) is 2. The number of hydrogen-bond donors (Lipinski definition) is 2. The topological polar surface area (TPSA) is 70.1 Å². The fourth-order valence-electron chi connectivity index (χ4n) is 3.59. The molecule has 0 aliphatic carbocycles. The number of benzene rings is 3. The van der Waals surface area contributed by atoms with Crippen molar-refractivity contribution >= 4 is 33.7 Å². The van der Waals surface area contributed by atoms with E-state index in [1.807, 2.05) is 38.1 Å². The molecule has 1 aromatic heterocycles. The Morgan fingerprint density at radius 2 is 1.71 bits per heavy atom. The standard InChI is InChI=1S/C23H22N4O/c1-15-19(16(2)26-25-15)11-12-23(28)27-24-14-22-20-9-5-3-7-17(20)13-18-8-4-6-10-21(18)22/h3-10,13-14H,11-12H2,1-2H3,(H,25,26)(H,27,28). The van der Waals surface area contributed by atoms with Gasteiger partial charge in [0.2, 0.25) is 5.91 Å². The highest BCUT2D eigenvalue weighted by Crippen LogP contribution is 2.27. The molecule has 0 saturated heterocycles. The fourth-order valence-corrected chi connectivity index (χ4v) is 3.59. The SMILES string of the molecule is Cc1n[nH]c(C)c1CCC(=O)NN=Cc1c2ccccc2cc2ccccc12. The molecule has 0 bridgehead atoms. The molecule has 0 aliphatic heterocycles. The average Bonchev–Trinajstić information content (AvgIpc) is 3.03. The van der Waals surface area contributed by atoms with Gasteiger partial charge in [-0.3, -0.25) is 9.89 Å². The van der Waals surface area contributed by atoms with Gasteiger partial charge >= 0.3 is 0 Å². The lowest BCUT2D eigenvalue weighted by molar-refractivity contribution is -0.121. The largest absolute Gasteiger partial charge is 0.282 e. The maximum Gasteiger partial charge on any atom is 0.240 e. The van der Waals surface area contributed by atoms with E-state index in [0.717, 1.165) is 44.1 Å². The van der Waals surface area contributed by atoms with Crippen molar-refractivity contribution in [1.29, 1.82) is 0 Å². The zero-order valence-electron chi connectivity index (χ0n) is 16.0. The van der Waals surface area contributed by atoms with Gasteiger partial charge in [-0.1, -0.05) is 48.5 Å². The molecule has 0 saturated carbocycles. The van der Waals surface area contributed by atoms with E-state index in [-0.39, 0.29) is 5.91 Å². The number of amides is 1. The van der Waals surface area contributed by atoms with Gasteiger partial charge in [-0.15, -0.1) is 0 Å². The Labute approximate surface area is 163 Å². The van der Waals surface area contributed by atoms with Crippen LogP contribution >= 0.6 is 0 Å². The second-order valence-corrected chi connectivity index (χ2v) is 6.94. The van der Waals surface area contributed by atoms with Gasteiger partial charge in [-0.25, -0.2) is 5.43 Å². The van der Waals surface area contributed by atoms with Crippen LogP contribution in [0.4, 0.5) is 0 Å². The maximum atomic E-state index is 12.2. The van der Waals surface area contributed by atoms with E-state index in [9.17, 15) is 4.79 Å². The first kappa shape index (κ1) is 17.9. The van der Waals surface area contributed by atoms with Crippen molar-refractivity contribution in [2.24, 2.45) is 5.10 Å². The normalized spacial score (nSPS) is 11.5. The molecule has 1 heterocycles. The number of aromatic nitrogens is 2. The molecular weight excluding hydrogens is 348 g/mol. The third kappa shape index (κ3) is 3.51. The lowest BCUT2D eigenvalue weighted by atomic mass is 9.97. The monoisotopic (exact) mass is 370 g/mol. The van der Waals surface area contributed by atoms with Crippen LogP contribution in [-0.4, -0.2) is 22.3 Å². The Hall–Kier alpha value is -3.47. The molecule has 0 aliphatic rings. The minimum atomic E-state index is -0.110. The molecule has 5 heteroatoms. The molecule has 0 spiro atoms. The van der Waals surface area contributed by atoms with Crippen molar-refractivity contribution < 1.29 is 4.79 Å². The molecule has 0 atom stereocenters. The number of fused-ring (bicyclic) bond motifs is 2. The maximum absolute atomic E-state index is 12.2. The second-order valence-electron chi connectivity index (χ2n) is 6.94. The van der Waals surface area contributed by atoms with Crippen LogP contribution < -0.4 is 5.43 Å². The summed E-state index contributed by atoms with van der Waals surface area (Å²) in [4.78, 5) is 12.2. The van der Waals surface area contributed by atoms with Gasteiger partial charge in [0.15, 0.2) is 0 Å². The van der Waals surface area contributed by atoms with Gasteiger partial charge in [0.25, 0.3) is 0 Å². The Bertz CT molecular complexity index is 1120. The summed E-state index contributed by atoms with van der Waals surface area (Å²) in [7, 11) is 0. The summed E-state index contributed by atoms with van der Waals surface area (Å²) in [5, 5.41) is 15.9. The number of hydrazone groups is 1. The lowest BCUT2D eigenvalue weighted by Gasteiger charge is -2.08. The first-order valence-corrected chi connectivity index (χ1v) is 9.36. The summed E-state index contributed by atoms with van der Waals surface area (Å²) < 4.78 is 0. The number of nitrogens with zero attached hydrogens (tertiary/aromatic N) is 2. The molecule has 0 unspecified atom stereocenters. The zero-order valence-corrected chi connectivity index (χ0v) is 16.0. The second kappa shape index (κ2) is 7.64. The van der Waals surface area contributed by atoms with Crippen molar-refractivity contribution in [3.05, 3.63) is 77.1 Å². The molecule has 3 aromatic carbocycles. The van der Waals surface area contributed by atoms with E-state index >= 15 is 0 Å². The van der Waals surface area contributed by atoms with Crippen LogP contribution in [0.15, 0.2) is 59.7 Å². The number of hydrogen-bond acceptors (Lipinski definition) is 3. The molecule has 4 rings (SSSR count). The molecular formula is C23H22N4O. The highest BCUT2D eigenvalue weighted by atomic mass is 16.2. The first-order valence-electron chi connectivity index (χ1n) is 9.36. The third-order valence-corrected chi connectivity index (χ3v) is 5.08. The highest BCUT2D eigenvalue weighted by Gasteiger charge is 2.09. The van der Waals surface area contributed by atoms with E-state index in [0.29, 0.717) is 12.8 Å². The van der Waals surface area contributed by atoms with Gasteiger partial charge in [-0.2, -0.15) is 10.2 Å². The number of aromatic amines is 1. The molecule has 1 amide bonds.